The molecule has 4 nitrogen and oxygen atoms in total. The normalized spacial score (nSPS) is 21.9. The Morgan fingerprint density at radius 1 is 1.33 bits per heavy atom. The third-order valence-corrected chi connectivity index (χ3v) is 3.59. The number of rotatable bonds is 2. The Kier molecular flexibility index (Phi) is 4.65. The van der Waals surface area contributed by atoms with E-state index in [1.807, 2.05) is 20.8 Å². The number of carbonyl (C=O) groups excluding carboxylic acids is 1. The Morgan fingerprint density at radius 2 is 1.94 bits per heavy atom. The fourth-order valence-electron chi connectivity index (χ4n) is 2.24. The Bertz CT molecular complexity index is 294. The van der Waals surface area contributed by atoms with Crippen molar-refractivity contribution in [2.75, 3.05) is 19.7 Å². The quantitative estimate of drug-likeness (QED) is 0.827. The van der Waals surface area contributed by atoms with Gasteiger partial charge in [-0.3, -0.25) is 0 Å². The summed E-state index contributed by atoms with van der Waals surface area (Å²) in [4.78, 5) is 13.8. The van der Waals surface area contributed by atoms with Crippen molar-refractivity contribution >= 4 is 6.09 Å². The molecule has 18 heavy (non-hydrogen) atoms. The Morgan fingerprint density at radius 3 is 2.44 bits per heavy atom. The van der Waals surface area contributed by atoms with Gasteiger partial charge in [0.1, 0.15) is 5.60 Å². The minimum absolute atomic E-state index is 0.138. The van der Waals surface area contributed by atoms with Gasteiger partial charge in [0.05, 0.1) is 0 Å². The van der Waals surface area contributed by atoms with Crippen molar-refractivity contribution in [1.82, 2.24) is 4.90 Å². The van der Waals surface area contributed by atoms with E-state index >= 15 is 0 Å². The van der Waals surface area contributed by atoms with Crippen molar-refractivity contribution in [3.05, 3.63) is 0 Å². The zero-order chi connectivity index (χ0) is 14.0. The SMILES string of the molecule is CC(C)(C)OC(=O)N1CCCC(C(C)(C)CO)C1. The van der Waals surface area contributed by atoms with E-state index in [2.05, 4.69) is 13.8 Å². The van der Waals surface area contributed by atoms with E-state index in [0.717, 1.165) is 19.4 Å². The lowest BCUT2D eigenvalue weighted by Crippen LogP contribution is -2.47. The van der Waals surface area contributed by atoms with Gasteiger partial charge in [0.2, 0.25) is 0 Å². The van der Waals surface area contributed by atoms with Crippen molar-refractivity contribution in [2.45, 2.75) is 53.1 Å². The van der Waals surface area contributed by atoms with Crippen LogP contribution in [0.3, 0.4) is 0 Å². The van der Waals surface area contributed by atoms with Crippen LogP contribution in [-0.4, -0.2) is 41.4 Å². The van der Waals surface area contributed by atoms with Crippen LogP contribution < -0.4 is 0 Å². The molecule has 0 aromatic heterocycles. The van der Waals surface area contributed by atoms with Crippen LogP contribution >= 0.6 is 0 Å². The average molecular weight is 257 g/mol. The summed E-state index contributed by atoms with van der Waals surface area (Å²) in [5.41, 5.74) is -0.586. The van der Waals surface area contributed by atoms with Crippen molar-refractivity contribution in [2.24, 2.45) is 11.3 Å². The number of amides is 1. The van der Waals surface area contributed by atoms with Gasteiger partial charge < -0.3 is 14.7 Å². The van der Waals surface area contributed by atoms with Crippen LogP contribution in [0.1, 0.15) is 47.5 Å². The second kappa shape index (κ2) is 5.47. The Labute approximate surface area is 110 Å². The predicted molar refractivity (Wildman–Crippen MR) is 71.4 cm³/mol. The molecule has 1 N–H and O–H groups in total. The van der Waals surface area contributed by atoms with Crippen molar-refractivity contribution in [3.8, 4) is 0 Å². The van der Waals surface area contributed by atoms with Gasteiger partial charge in [-0.1, -0.05) is 13.8 Å². The number of ether oxygens (including phenoxy) is 1. The third-order valence-electron chi connectivity index (χ3n) is 3.59. The maximum atomic E-state index is 12.0. The van der Waals surface area contributed by atoms with Gasteiger partial charge in [-0.05, 0) is 44.9 Å². The molecule has 0 aromatic carbocycles. The van der Waals surface area contributed by atoms with Gasteiger partial charge in [-0.2, -0.15) is 0 Å². The smallest absolute Gasteiger partial charge is 0.410 e. The summed E-state index contributed by atoms with van der Waals surface area (Å²) in [6.07, 6.45) is 1.81. The minimum atomic E-state index is -0.448. The molecule has 1 amide bonds. The first-order valence-corrected chi connectivity index (χ1v) is 6.74. The van der Waals surface area contributed by atoms with Gasteiger partial charge in [-0.15, -0.1) is 0 Å². The molecule has 4 heteroatoms. The molecule has 0 saturated carbocycles. The number of piperidine rings is 1. The molecular formula is C14H27NO3. The molecule has 1 aliphatic rings. The molecular weight excluding hydrogens is 230 g/mol. The highest BCUT2D eigenvalue weighted by Gasteiger charge is 2.35. The molecule has 0 aliphatic carbocycles. The van der Waals surface area contributed by atoms with Crippen molar-refractivity contribution in [1.29, 1.82) is 0 Å². The highest BCUT2D eigenvalue weighted by atomic mass is 16.6. The first kappa shape index (κ1) is 15.3. The highest BCUT2D eigenvalue weighted by molar-refractivity contribution is 5.68. The number of hydrogen-bond acceptors (Lipinski definition) is 3. The fraction of sp³-hybridized carbons (Fsp3) is 0.929. The topological polar surface area (TPSA) is 49.8 Å². The van der Waals surface area contributed by atoms with E-state index in [0.29, 0.717) is 12.5 Å². The molecule has 1 aliphatic heterocycles. The molecule has 1 saturated heterocycles. The lowest BCUT2D eigenvalue weighted by molar-refractivity contribution is -0.00104. The van der Waals surface area contributed by atoms with Gasteiger partial charge in [0.15, 0.2) is 0 Å². The standard InChI is InChI=1S/C14H27NO3/c1-13(2,3)18-12(17)15-8-6-7-11(9-15)14(4,5)10-16/h11,16H,6-10H2,1-5H3. The maximum Gasteiger partial charge on any atom is 0.410 e. The van der Waals surface area contributed by atoms with Crippen LogP contribution in [0.25, 0.3) is 0 Å². The van der Waals surface area contributed by atoms with E-state index < -0.39 is 5.60 Å². The number of likely N-dealkylation sites (tertiary alicyclic amines) is 1. The monoisotopic (exact) mass is 257 g/mol. The molecule has 0 spiro atoms. The number of aliphatic hydroxyl groups is 1. The summed E-state index contributed by atoms with van der Waals surface area (Å²) in [5, 5.41) is 9.42. The van der Waals surface area contributed by atoms with Gasteiger partial charge in [0.25, 0.3) is 0 Å². The lowest BCUT2D eigenvalue weighted by Gasteiger charge is -2.40. The van der Waals surface area contributed by atoms with Crippen molar-refractivity contribution in [3.63, 3.8) is 0 Å². The molecule has 1 rings (SSSR count). The zero-order valence-corrected chi connectivity index (χ0v) is 12.3. The summed E-state index contributed by atoms with van der Waals surface area (Å²) in [5.74, 6) is 0.337. The molecule has 1 unspecified atom stereocenters. The zero-order valence-electron chi connectivity index (χ0n) is 12.3. The highest BCUT2D eigenvalue weighted by Crippen LogP contribution is 2.33. The number of nitrogens with zero attached hydrogens (tertiary/aromatic N) is 1. The summed E-state index contributed by atoms with van der Waals surface area (Å²) in [6.45, 7) is 11.3. The van der Waals surface area contributed by atoms with E-state index in [4.69, 9.17) is 4.74 Å². The van der Waals surface area contributed by atoms with Crippen LogP contribution in [0.15, 0.2) is 0 Å². The second-order valence-corrected chi connectivity index (χ2v) is 6.91. The van der Waals surface area contributed by atoms with E-state index in [1.165, 1.54) is 0 Å². The summed E-state index contributed by atoms with van der Waals surface area (Å²) in [7, 11) is 0. The predicted octanol–water partition coefficient (Wildman–Crippen LogP) is 2.65. The van der Waals surface area contributed by atoms with Crippen LogP contribution in [0.5, 0.6) is 0 Å². The number of carbonyl (C=O) groups is 1. The molecule has 0 aromatic rings. The molecule has 1 atom stereocenters. The van der Waals surface area contributed by atoms with Gasteiger partial charge in [0, 0.05) is 19.7 Å². The fourth-order valence-corrected chi connectivity index (χ4v) is 2.24. The van der Waals surface area contributed by atoms with Crippen LogP contribution in [0.4, 0.5) is 4.79 Å². The first-order valence-electron chi connectivity index (χ1n) is 6.74. The maximum absolute atomic E-state index is 12.0. The summed E-state index contributed by atoms with van der Waals surface area (Å²) in [6, 6.07) is 0. The lowest BCUT2D eigenvalue weighted by atomic mass is 9.75. The molecule has 0 bridgehead atoms. The van der Waals surface area contributed by atoms with Crippen LogP contribution in [0.2, 0.25) is 0 Å². The number of aliphatic hydroxyl groups excluding tert-OH is 1. The van der Waals surface area contributed by atoms with Crippen LogP contribution in [-0.2, 0) is 4.74 Å². The van der Waals surface area contributed by atoms with Crippen molar-refractivity contribution < 1.29 is 14.6 Å². The average Bonchev–Trinajstić information content (AvgIpc) is 2.27. The minimum Gasteiger partial charge on any atom is -0.444 e. The molecule has 106 valence electrons. The Balaban J connectivity index is 2.61. The van der Waals surface area contributed by atoms with Crippen LogP contribution in [0, 0.1) is 11.3 Å². The third kappa shape index (κ3) is 4.16. The van der Waals surface area contributed by atoms with E-state index in [1.54, 1.807) is 4.90 Å². The van der Waals surface area contributed by atoms with Gasteiger partial charge in [-0.25, -0.2) is 4.79 Å². The second-order valence-electron chi connectivity index (χ2n) is 6.91. The Hall–Kier alpha value is -0.770. The molecule has 0 radical (unpaired) electrons. The first-order chi connectivity index (χ1) is 8.15. The summed E-state index contributed by atoms with van der Waals surface area (Å²) >= 11 is 0. The van der Waals surface area contributed by atoms with Gasteiger partial charge >= 0.3 is 6.09 Å². The molecule has 1 heterocycles. The van der Waals surface area contributed by atoms with E-state index in [-0.39, 0.29) is 18.1 Å². The largest absolute Gasteiger partial charge is 0.444 e. The van der Waals surface area contributed by atoms with E-state index in [9.17, 15) is 9.90 Å². The molecule has 1 fully saturated rings. The summed E-state index contributed by atoms with van der Waals surface area (Å²) < 4.78 is 5.40. The number of hydrogen-bond donors (Lipinski definition) is 1.